The van der Waals surface area contributed by atoms with Gasteiger partial charge < -0.3 is 5.73 Å². The van der Waals surface area contributed by atoms with Gasteiger partial charge in [-0.3, -0.25) is 0 Å². The monoisotopic (exact) mass is 217 g/mol. The van der Waals surface area contributed by atoms with Crippen molar-refractivity contribution in [2.24, 2.45) is 5.73 Å². The van der Waals surface area contributed by atoms with Gasteiger partial charge in [-0.1, -0.05) is 43.3 Å². The molecule has 0 heterocycles. The minimum atomic E-state index is 0.257. The lowest BCUT2D eigenvalue weighted by Gasteiger charge is -2.13. The highest BCUT2D eigenvalue weighted by Crippen LogP contribution is 2.13. The molecule has 0 bridgehead atoms. The predicted octanol–water partition coefficient (Wildman–Crippen LogP) is 3.61. The first kappa shape index (κ1) is 13.0. The molecule has 0 fully saturated rings. The topological polar surface area (TPSA) is 26.0 Å². The molecule has 1 heteroatoms. The van der Waals surface area contributed by atoms with E-state index in [9.17, 15) is 0 Å². The maximum Gasteiger partial charge on any atom is 0.00791 e. The second-order valence-corrected chi connectivity index (χ2v) is 4.53. The van der Waals surface area contributed by atoms with Gasteiger partial charge in [0.05, 0.1) is 0 Å². The van der Waals surface area contributed by atoms with Gasteiger partial charge in [0.1, 0.15) is 0 Å². The summed E-state index contributed by atoms with van der Waals surface area (Å²) in [5, 5.41) is 0. The van der Waals surface area contributed by atoms with Crippen LogP contribution in [0.2, 0.25) is 0 Å². The van der Waals surface area contributed by atoms with Crippen molar-refractivity contribution in [1.82, 2.24) is 0 Å². The summed E-state index contributed by atoms with van der Waals surface area (Å²) in [5.74, 6) is 0. The zero-order valence-electron chi connectivity index (χ0n) is 10.5. The van der Waals surface area contributed by atoms with E-state index in [2.05, 4.69) is 44.7 Å². The van der Waals surface area contributed by atoms with Gasteiger partial charge in [0.25, 0.3) is 0 Å². The number of aryl methyl sites for hydroxylation is 2. The molecular formula is C15H23N. The van der Waals surface area contributed by atoms with Gasteiger partial charge in [0, 0.05) is 6.04 Å². The van der Waals surface area contributed by atoms with Crippen LogP contribution in [-0.4, -0.2) is 6.04 Å². The maximum atomic E-state index is 6.09. The van der Waals surface area contributed by atoms with Crippen LogP contribution in [0.3, 0.4) is 0 Å². The Bertz CT molecular complexity index is 341. The van der Waals surface area contributed by atoms with Crippen LogP contribution in [-0.2, 0) is 6.42 Å². The van der Waals surface area contributed by atoms with E-state index >= 15 is 0 Å². The van der Waals surface area contributed by atoms with Crippen molar-refractivity contribution in [3.05, 3.63) is 47.5 Å². The molecule has 0 radical (unpaired) electrons. The van der Waals surface area contributed by atoms with Crippen molar-refractivity contribution in [3.63, 3.8) is 0 Å². The van der Waals surface area contributed by atoms with Gasteiger partial charge in [-0.05, 0) is 43.7 Å². The number of hydrogen-bond acceptors (Lipinski definition) is 1. The molecule has 0 aromatic heterocycles. The highest BCUT2D eigenvalue weighted by Gasteiger charge is 2.05. The molecule has 1 aromatic rings. The van der Waals surface area contributed by atoms with E-state index in [1.807, 2.05) is 0 Å². The fourth-order valence-electron chi connectivity index (χ4n) is 1.85. The van der Waals surface area contributed by atoms with Crippen molar-refractivity contribution in [1.29, 1.82) is 0 Å². The highest BCUT2D eigenvalue weighted by atomic mass is 14.6. The molecule has 0 spiro atoms. The van der Waals surface area contributed by atoms with E-state index in [4.69, 9.17) is 5.73 Å². The lowest BCUT2D eigenvalue weighted by molar-refractivity contribution is 0.600. The Morgan fingerprint density at radius 3 is 2.69 bits per heavy atom. The quantitative estimate of drug-likeness (QED) is 0.724. The third-order valence-electron chi connectivity index (χ3n) is 3.10. The Hall–Kier alpha value is -1.08. The molecule has 0 saturated heterocycles. The van der Waals surface area contributed by atoms with Gasteiger partial charge >= 0.3 is 0 Å². The zero-order valence-corrected chi connectivity index (χ0v) is 10.5. The van der Waals surface area contributed by atoms with Crippen LogP contribution < -0.4 is 5.73 Å². The van der Waals surface area contributed by atoms with Gasteiger partial charge in [-0.15, -0.1) is 0 Å². The minimum absolute atomic E-state index is 0.257. The fourth-order valence-corrected chi connectivity index (χ4v) is 1.85. The van der Waals surface area contributed by atoms with Crippen molar-refractivity contribution >= 4 is 0 Å². The molecule has 1 atom stereocenters. The van der Waals surface area contributed by atoms with Gasteiger partial charge in [0.15, 0.2) is 0 Å². The van der Waals surface area contributed by atoms with E-state index in [1.54, 1.807) is 0 Å². The van der Waals surface area contributed by atoms with E-state index in [0.717, 1.165) is 25.7 Å². The Balaban J connectivity index is 2.40. The molecule has 2 N–H and O–H groups in total. The lowest BCUT2D eigenvalue weighted by Crippen LogP contribution is -2.21. The molecule has 88 valence electrons. The predicted molar refractivity (Wildman–Crippen MR) is 71.5 cm³/mol. The second-order valence-electron chi connectivity index (χ2n) is 4.53. The standard InChI is InChI=1S/C15H23N/c1-4-12(2)11-15(16)10-9-14-8-6-5-7-13(14)3/h5-8,15H,2,4,9-11,16H2,1,3H3. The van der Waals surface area contributed by atoms with E-state index in [0.29, 0.717) is 0 Å². The van der Waals surface area contributed by atoms with Crippen LogP contribution in [0.15, 0.2) is 36.4 Å². The normalized spacial score (nSPS) is 12.4. The molecule has 1 aromatic carbocycles. The molecule has 0 aliphatic rings. The van der Waals surface area contributed by atoms with Crippen LogP contribution in [0.25, 0.3) is 0 Å². The van der Waals surface area contributed by atoms with Crippen LogP contribution >= 0.6 is 0 Å². The van der Waals surface area contributed by atoms with Gasteiger partial charge in [-0.25, -0.2) is 0 Å². The molecule has 1 rings (SSSR count). The first-order valence-corrected chi connectivity index (χ1v) is 6.10. The summed E-state index contributed by atoms with van der Waals surface area (Å²) in [5.41, 5.74) is 10.1. The average molecular weight is 217 g/mol. The van der Waals surface area contributed by atoms with Crippen LogP contribution in [0.5, 0.6) is 0 Å². The Labute approximate surface area is 99.4 Å². The van der Waals surface area contributed by atoms with Gasteiger partial charge in [-0.2, -0.15) is 0 Å². The van der Waals surface area contributed by atoms with Crippen LogP contribution in [0, 0.1) is 6.92 Å². The summed E-state index contributed by atoms with van der Waals surface area (Å²) in [7, 11) is 0. The van der Waals surface area contributed by atoms with Crippen molar-refractivity contribution in [2.45, 2.75) is 45.6 Å². The second kappa shape index (κ2) is 6.49. The van der Waals surface area contributed by atoms with Crippen molar-refractivity contribution in [3.8, 4) is 0 Å². The summed E-state index contributed by atoms with van der Waals surface area (Å²) in [6.45, 7) is 8.30. The first-order chi connectivity index (χ1) is 7.63. The number of nitrogens with two attached hydrogens (primary N) is 1. The number of rotatable bonds is 6. The summed E-state index contributed by atoms with van der Waals surface area (Å²) in [6.07, 6.45) is 4.12. The summed E-state index contributed by atoms with van der Waals surface area (Å²) >= 11 is 0. The van der Waals surface area contributed by atoms with Crippen LogP contribution in [0.1, 0.15) is 37.3 Å². The molecule has 0 amide bonds. The zero-order chi connectivity index (χ0) is 12.0. The number of hydrogen-bond donors (Lipinski definition) is 1. The fraction of sp³-hybridized carbons (Fsp3) is 0.467. The SMILES string of the molecule is C=C(CC)CC(N)CCc1ccccc1C. The highest BCUT2D eigenvalue weighted by molar-refractivity contribution is 5.25. The third-order valence-corrected chi connectivity index (χ3v) is 3.10. The Kier molecular flexibility index (Phi) is 5.27. The molecule has 0 aliphatic carbocycles. The first-order valence-electron chi connectivity index (χ1n) is 6.10. The van der Waals surface area contributed by atoms with Crippen molar-refractivity contribution < 1.29 is 0 Å². The molecule has 1 unspecified atom stereocenters. The average Bonchev–Trinajstić information content (AvgIpc) is 2.28. The largest absolute Gasteiger partial charge is 0.327 e. The van der Waals surface area contributed by atoms with Gasteiger partial charge in [0.2, 0.25) is 0 Å². The summed E-state index contributed by atoms with van der Waals surface area (Å²) in [4.78, 5) is 0. The molecular weight excluding hydrogens is 194 g/mol. The van der Waals surface area contributed by atoms with E-state index in [-0.39, 0.29) is 6.04 Å². The molecule has 1 nitrogen and oxygen atoms in total. The maximum absolute atomic E-state index is 6.09. The van der Waals surface area contributed by atoms with Crippen LogP contribution in [0.4, 0.5) is 0 Å². The van der Waals surface area contributed by atoms with E-state index in [1.165, 1.54) is 16.7 Å². The van der Waals surface area contributed by atoms with Crippen molar-refractivity contribution in [2.75, 3.05) is 0 Å². The third kappa shape index (κ3) is 4.19. The summed E-state index contributed by atoms with van der Waals surface area (Å²) in [6, 6.07) is 8.78. The lowest BCUT2D eigenvalue weighted by atomic mass is 9.97. The van der Waals surface area contributed by atoms with E-state index < -0.39 is 0 Å². The Morgan fingerprint density at radius 1 is 1.38 bits per heavy atom. The minimum Gasteiger partial charge on any atom is -0.327 e. The Morgan fingerprint density at radius 2 is 2.06 bits per heavy atom. The summed E-state index contributed by atoms with van der Waals surface area (Å²) < 4.78 is 0. The molecule has 0 aliphatic heterocycles. The molecule has 0 saturated carbocycles. The number of benzene rings is 1. The molecule has 16 heavy (non-hydrogen) atoms. The smallest absolute Gasteiger partial charge is 0.00791 e.